The molecule has 0 bridgehead atoms. The molecule has 0 rings (SSSR count). The van der Waals surface area contributed by atoms with Gasteiger partial charge in [0.15, 0.2) is 0 Å². The van der Waals surface area contributed by atoms with Crippen LogP contribution < -0.4 is 0 Å². The molecule has 0 aliphatic rings. The summed E-state index contributed by atoms with van der Waals surface area (Å²) in [5, 5.41) is 0.479. The Balaban J connectivity index is 5.13. The maximum atomic E-state index is 5.81. The van der Waals surface area contributed by atoms with Crippen LogP contribution in [0.25, 0.3) is 0 Å². The summed E-state index contributed by atoms with van der Waals surface area (Å²) in [7, 11) is 3.45. The first-order chi connectivity index (χ1) is 7.70. The van der Waals surface area contributed by atoms with Crippen LogP contribution in [0.4, 0.5) is 0 Å². The van der Waals surface area contributed by atoms with Gasteiger partial charge >= 0.3 is 5.95 Å². The first-order valence-corrected chi connectivity index (χ1v) is 6.72. The smallest absolute Gasteiger partial charge is 0.313 e. The van der Waals surface area contributed by atoms with Crippen LogP contribution in [0.3, 0.4) is 0 Å². The highest BCUT2D eigenvalue weighted by molar-refractivity contribution is 6.20. The lowest BCUT2D eigenvalue weighted by Gasteiger charge is -2.31. The van der Waals surface area contributed by atoms with Crippen LogP contribution in [0.1, 0.15) is 62.3 Å². The maximum Gasteiger partial charge on any atom is 0.313 e. The number of hydrogen-bond donors (Lipinski definition) is 0. The minimum atomic E-state index is -0.347. The lowest BCUT2D eigenvalue weighted by molar-refractivity contribution is -0.105. The standard InChI is InChI=1S/C14H27O3Si/c1-12(2,3)15-10(16-13(4,5)6)11(18)17-14(7,8)9/h1-9H3. The summed E-state index contributed by atoms with van der Waals surface area (Å²) in [5.41, 5.74) is -1.01. The molecule has 0 fully saturated rings. The van der Waals surface area contributed by atoms with Crippen molar-refractivity contribution in [1.29, 1.82) is 0 Å². The molecule has 3 nitrogen and oxygen atoms in total. The Morgan fingerprint density at radius 3 is 1.11 bits per heavy atom. The second-order valence-electron chi connectivity index (χ2n) is 7.26. The summed E-state index contributed by atoms with van der Waals surface area (Å²) in [6.45, 7) is 17.7. The lowest BCUT2D eigenvalue weighted by atomic mass is 10.2. The van der Waals surface area contributed by atoms with Crippen LogP contribution in [-0.4, -0.2) is 27.0 Å². The van der Waals surface area contributed by atoms with Gasteiger partial charge in [0.2, 0.25) is 0 Å². The number of rotatable bonds is 3. The molecule has 105 valence electrons. The molecule has 0 spiro atoms. The van der Waals surface area contributed by atoms with Gasteiger partial charge in [0.25, 0.3) is 0 Å². The predicted molar refractivity (Wildman–Crippen MR) is 75.3 cm³/mol. The quantitative estimate of drug-likeness (QED) is 0.578. The highest BCUT2D eigenvalue weighted by atomic mass is 28.1. The van der Waals surface area contributed by atoms with E-state index in [1.165, 1.54) is 0 Å². The van der Waals surface area contributed by atoms with Crippen LogP contribution in [0.2, 0.25) is 0 Å². The van der Waals surface area contributed by atoms with Gasteiger partial charge in [-0.05, 0) is 62.3 Å². The Kier molecular flexibility index (Phi) is 5.35. The summed E-state index contributed by atoms with van der Waals surface area (Å²) < 4.78 is 17.3. The minimum Gasteiger partial charge on any atom is -0.491 e. The minimum absolute atomic E-state index is 0.315. The van der Waals surface area contributed by atoms with Crippen LogP contribution in [-0.2, 0) is 14.2 Å². The Morgan fingerprint density at radius 2 is 0.889 bits per heavy atom. The fraction of sp³-hybridized carbons (Fsp3) is 0.857. The third kappa shape index (κ3) is 9.39. The first-order valence-electron chi connectivity index (χ1n) is 6.22. The van der Waals surface area contributed by atoms with Crippen molar-refractivity contribution in [3.8, 4) is 0 Å². The molecule has 0 aliphatic carbocycles. The molecule has 0 saturated carbocycles. The normalized spacial score (nSPS) is 13.0. The van der Waals surface area contributed by atoms with Crippen molar-refractivity contribution < 1.29 is 14.2 Å². The second-order valence-corrected chi connectivity index (χ2v) is 7.71. The van der Waals surface area contributed by atoms with E-state index in [1.54, 1.807) is 0 Å². The molecular weight excluding hydrogens is 244 g/mol. The maximum absolute atomic E-state index is 5.81. The van der Waals surface area contributed by atoms with Crippen molar-refractivity contribution >= 4 is 10.2 Å². The summed E-state index contributed by atoms with van der Waals surface area (Å²) >= 11 is 0. The number of ether oxygens (including phenoxy) is 3. The third-order valence-electron chi connectivity index (χ3n) is 1.39. The number of hydrogen-bond acceptors (Lipinski definition) is 3. The fourth-order valence-electron chi connectivity index (χ4n) is 1.02. The molecule has 0 unspecified atom stereocenters. The zero-order valence-electron chi connectivity index (χ0n) is 13.2. The van der Waals surface area contributed by atoms with E-state index in [0.29, 0.717) is 11.3 Å². The summed E-state index contributed by atoms with van der Waals surface area (Å²) in [4.78, 5) is 0. The van der Waals surface area contributed by atoms with Crippen LogP contribution in [0, 0.1) is 0 Å². The highest BCUT2D eigenvalue weighted by Gasteiger charge is 2.25. The Hall–Kier alpha value is -0.643. The van der Waals surface area contributed by atoms with Crippen molar-refractivity contribution in [2.45, 2.75) is 79.1 Å². The van der Waals surface area contributed by atoms with Gasteiger partial charge in [-0.25, -0.2) is 0 Å². The van der Waals surface area contributed by atoms with Gasteiger partial charge in [-0.2, -0.15) is 0 Å². The van der Waals surface area contributed by atoms with E-state index in [-0.39, 0.29) is 16.8 Å². The van der Waals surface area contributed by atoms with Crippen LogP contribution in [0.5, 0.6) is 0 Å². The van der Waals surface area contributed by atoms with E-state index in [1.807, 2.05) is 62.3 Å². The molecule has 18 heavy (non-hydrogen) atoms. The topological polar surface area (TPSA) is 27.7 Å². The molecular formula is C14H27O3Si. The average molecular weight is 271 g/mol. The highest BCUT2D eigenvalue weighted by Crippen LogP contribution is 2.24. The van der Waals surface area contributed by atoms with E-state index in [9.17, 15) is 0 Å². The third-order valence-corrected chi connectivity index (χ3v) is 1.70. The van der Waals surface area contributed by atoms with Gasteiger partial charge in [0, 0.05) is 0 Å². The molecule has 0 atom stereocenters. The molecule has 0 aromatic carbocycles. The van der Waals surface area contributed by atoms with Gasteiger partial charge in [0.1, 0.15) is 26.8 Å². The predicted octanol–water partition coefficient (Wildman–Crippen LogP) is 3.73. The molecule has 0 aromatic rings. The molecule has 0 heterocycles. The first kappa shape index (κ1) is 17.4. The van der Waals surface area contributed by atoms with Crippen LogP contribution >= 0.6 is 0 Å². The average Bonchev–Trinajstić information content (AvgIpc) is 1.93. The molecule has 0 N–H and O–H groups in total. The SMILES string of the molecule is CC(C)(C)OC([Si])=C(OC(C)(C)C)OC(C)(C)C. The van der Waals surface area contributed by atoms with Crippen molar-refractivity contribution in [2.24, 2.45) is 0 Å². The van der Waals surface area contributed by atoms with E-state index in [2.05, 4.69) is 10.2 Å². The zero-order chi connectivity index (χ0) is 14.8. The summed E-state index contributed by atoms with van der Waals surface area (Å²) in [6, 6.07) is 0. The fourth-order valence-corrected chi connectivity index (χ4v) is 1.43. The van der Waals surface area contributed by atoms with Crippen molar-refractivity contribution in [3.63, 3.8) is 0 Å². The van der Waals surface area contributed by atoms with E-state index in [0.717, 1.165) is 0 Å². The van der Waals surface area contributed by atoms with Crippen molar-refractivity contribution in [3.05, 3.63) is 11.3 Å². The van der Waals surface area contributed by atoms with E-state index in [4.69, 9.17) is 14.2 Å². The lowest BCUT2D eigenvalue weighted by Crippen LogP contribution is -2.29. The molecule has 0 saturated heterocycles. The van der Waals surface area contributed by atoms with Gasteiger partial charge in [-0.3, -0.25) is 0 Å². The van der Waals surface area contributed by atoms with Gasteiger partial charge < -0.3 is 14.2 Å². The van der Waals surface area contributed by atoms with Gasteiger partial charge in [0.05, 0.1) is 5.60 Å². The van der Waals surface area contributed by atoms with E-state index >= 15 is 0 Å². The van der Waals surface area contributed by atoms with Gasteiger partial charge in [-0.15, -0.1) is 0 Å². The Labute approximate surface area is 115 Å². The summed E-state index contributed by atoms with van der Waals surface area (Å²) in [5.74, 6) is 0.376. The van der Waals surface area contributed by atoms with Gasteiger partial charge in [-0.1, -0.05) is 0 Å². The molecule has 0 aliphatic heterocycles. The zero-order valence-corrected chi connectivity index (χ0v) is 14.2. The molecule has 4 heteroatoms. The van der Waals surface area contributed by atoms with Crippen molar-refractivity contribution in [1.82, 2.24) is 0 Å². The summed E-state index contributed by atoms with van der Waals surface area (Å²) in [6.07, 6.45) is 0. The largest absolute Gasteiger partial charge is 0.491 e. The second kappa shape index (κ2) is 5.55. The monoisotopic (exact) mass is 271 g/mol. The molecule has 0 amide bonds. The van der Waals surface area contributed by atoms with E-state index < -0.39 is 0 Å². The Bertz CT molecular complexity index is 282. The van der Waals surface area contributed by atoms with Crippen molar-refractivity contribution in [2.75, 3.05) is 0 Å². The van der Waals surface area contributed by atoms with Crippen LogP contribution in [0.15, 0.2) is 11.3 Å². The molecule has 3 radical (unpaired) electrons. The molecule has 0 aromatic heterocycles. The Morgan fingerprint density at radius 1 is 0.611 bits per heavy atom.